The first-order chi connectivity index (χ1) is 7.53. The molecule has 1 aromatic rings. The van der Waals surface area contributed by atoms with Crippen molar-refractivity contribution in [3.8, 4) is 0 Å². The van der Waals surface area contributed by atoms with E-state index in [-0.39, 0.29) is 13.0 Å². The van der Waals surface area contributed by atoms with Crippen molar-refractivity contribution < 1.29 is 13.9 Å². The summed E-state index contributed by atoms with van der Waals surface area (Å²) < 4.78 is 26.5. The van der Waals surface area contributed by atoms with Gasteiger partial charge in [0.15, 0.2) is 5.82 Å². The maximum absolute atomic E-state index is 13.2. The molecule has 2 rings (SSSR count). The van der Waals surface area contributed by atoms with Crippen LogP contribution < -0.4 is 10.6 Å². The number of nitrogen functional groups attached to an aromatic ring is 1. The van der Waals surface area contributed by atoms with Crippen LogP contribution in [-0.2, 0) is 0 Å². The van der Waals surface area contributed by atoms with Crippen LogP contribution in [0.1, 0.15) is 6.42 Å². The molecule has 4 nitrogen and oxygen atoms in total. The molecule has 0 bridgehead atoms. The number of halogens is 2. The Morgan fingerprint density at radius 2 is 2.38 bits per heavy atom. The van der Waals surface area contributed by atoms with Crippen LogP contribution in [0, 0.1) is 0 Å². The topological polar surface area (TPSA) is 62.4 Å². The molecule has 0 spiro atoms. The lowest BCUT2D eigenvalue weighted by Gasteiger charge is -2.24. The molecule has 1 aliphatic heterocycles. The van der Waals surface area contributed by atoms with Gasteiger partial charge in [0.2, 0.25) is 0 Å². The van der Waals surface area contributed by atoms with Crippen LogP contribution in [-0.4, -0.2) is 35.2 Å². The highest BCUT2D eigenvalue weighted by molar-refractivity contribution is 5.63. The Labute approximate surface area is 91.7 Å². The second-order valence-corrected chi connectivity index (χ2v) is 3.94. The van der Waals surface area contributed by atoms with Crippen molar-refractivity contribution in [3.63, 3.8) is 0 Å². The Kier molecular flexibility index (Phi) is 2.67. The fraction of sp³-hybridized carbons (Fsp3) is 0.500. The first kappa shape index (κ1) is 11.1. The number of hydrogen-bond donors (Lipinski definition) is 2. The third-order valence-corrected chi connectivity index (χ3v) is 2.68. The first-order valence-electron chi connectivity index (χ1n) is 4.99. The monoisotopic (exact) mass is 229 g/mol. The molecule has 3 N–H and O–H groups in total. The van der Waals surface area contributed by atoms with Gasteiger partial charge in [-0.15, -0.1) is 0 Å². The smallest absolute Gasteiger partial charge is 0.267 e. The standard InChI is InChI=1S/C10H13F2N3O/c11-10(12)4-7(5-16)15(6-10)9-8(13)2-1-3-14-9/h1-3,7,16H,4-6,13H2/t7-/m1/s1. The molecule has 2 heterocycles. The van der Waals surface area contributed by atoms with Gasteiger partial charge in [0.25, 0.3) is 5.92 Å². The van der Waals surface area contributed by atoms with Crippen molar-refractivity contribution in [2.75, 3.05) is 23.8 Å². The average molecular weight is 229 g/mol. The molecule has 0 amide bonds. The fourth-order valence-electron chi connectivity index (χ4n) is 1.96. The van der Waals surface area contributed by atoms with E-state index in [2.05, 4.69) is 4.98 Å². The number of aliphatic hydroxyl groups is 1. The van der Waals surface area contributed by atoms with Crippen LogP contribution in [0.25, 0.3) is 0 Å². The zero-order valence-corrected chi connectivity index (χ0v) is 8.61. The van der Waals surface area contributed by atoms with E-state index in [4.69, 9.17) is 10.8 Å². The average Bonchev–Trinajstić information content (AvgIpc) is 2.54. The highest BCUT2D eigenvalue weighted by Crippen LogP contribution is 2.36. The van der Waals surface area contributed by atoms with Gasteiger partial charge in [-0.1, -0.05) is 0 Å². The van der Waals surface area contributed by atoms with Crippen LogP contribution in [0.2, 0.25) is 0 Å². The molecule has 0 aromatic carbocycles. The van der Waals surface area contributed by atoms with Crippen molar-refractivity contribution in [1.82, 2.24) is 4.98 Å². The van der Waals surface area contributed by atoms with Gasteiger partial charge in [-0.05, 0) is 12.1 Å². The molecular weight excluding hydrogens is 216 g/mol. The maximum Gasteiger partial charge on any atom is 0.267 e. The van der Waals surface area contributed by atoms with E-state index < -0.39 is 18.5 Å². The maximum atomic E-state index is 13.2. The summed E-state index contributed by atoms with van der Waals surface area (Å²) in [6, 6.07) is 2.63. The van der Waals surface area contributed by atoms with Crippen LogP contribution >= 0.6 is 0 Å². The summed E-state index contributed by atoms with van der Waals surface area (Å²) in [5.41, 5.74) is 6.02. The highest BCUT2D eigenvalue weighted by Gasteiger charge is 2.45. The predicted molar refractivity (Wildman–Crippen MR) is 56.4 cm³/mol. The Hall–Kier alpha value is -1.43. The van der Waals surface area contributed by atoms with Crippen LogP contribution in [0.5, 0.6) is 0 Å². The molecule has 16 heavy (non-hydrogen) atoms. The minimum Gasteiger partial charge on any atom is -0.396 e. The van der Waals surface area contributed by atoms with Crippen molar-refractivity contribution >= 4 is 11.5 Å². The van der Waals surface area contributed by atoms with E-state index in [0.717, 1.165) is 0 Å². The molecular formula is C10H13F2N3O. The molecule has 1 atom stereocenters. The molecule has 0 unspecified atom stereocenters. The summed E-state index contributed by atoms with van der Waals surface area (Å²) in [5, 5.41) is 9.08. The lowest BCUT2D eigenvalue weighted by Crippen LogP contribution is -2.34. The van der Waals surface area contributed by atoms with Gasteiger partial charge in [0.1, 0.15) is 0 Å². The van der Waals surface area contributed by atoms with E-state index in [1.165, 1.54) is 11.1 Å². The number of pyridine rings is 1. The summed E-state index contributed by atoms with van der Waals surface area (Å²) in [6.07, 6.45) is 1.14. The molecule has 1 aromatic heterocycles. The van der Waals surface area contributed by atoms with E-state index in [0.29, 0.717) is 11.5 Å². The molecule has 0 saturated carbocycles. The van der Waals surface area contributed by atoms with Gasteiger partial charge < -0.3 is 15.7 Å². The van der Waals surface area contributed by atoms with E-state index >= 15 is 0 Å². The van der Waals surface area contributed by atoms with Gasteiger partial charge in [0.05, 0.1) is 24.9 Å². The number of aromatic nitrogens is 1. The summed E-state index contributed by atoms with van der Waals surface area (Å²) >= 11 is 0. The lowest BCUT2D eigenvalue weighted by atomic mass is 10.2. The van der Waals surface area contributed by atoms with E-state index in [1.54, 1.807) is 12.1 Å². The SMILES string of the molecule is Nc1cccnc1N1CC(F)(F)C[C@@H]1CO. The number of nitrogens with zero attached hydrogens (tertiary/aromatic N) is 2. The Morgan fingerprint density at radius 1 is 1.62 bits per heavy atom. The van der Waals surface area contributed by atoms with Crippen molar-refractivity contribution in [2.24, 2.45) is 0 Å². The van der Waals surface area contributed by atoms with E-state index in [9.17, 15) is 8.78 Å². The van der Waals surface area contributed by atoms with Gasteiger partial charge in [-0.3, -0.25) is 0 Å². The summed E-state index contributed by atoms with van der Waals surface area (Å²) in [5.74, 6) is -2.48. The molecule has 0 radical (unpaired) electrons. The highest BCUT2D eigenvalue weighted by atomic mass is 19.3. The minimum absolute atomic E-state index is 0.318. The second kappa shape index (κ2) is 3.86. The molecule has 1 aliphatic rings. The zero-order valence-electron chi connectivity index (χ0n) is 8.61. The number of hydrogen-bond acceptors (Lipinski definition) is 4. The molecule has 1 saturated heterocycles. The molecule has 1 fully saturated rings. The Balaban J connectivity index is 2.30. The third-order valence-electron chi connectivity index (χ3n) is 2.68. The molecule has 0 aliphatic carbocycles. The predicted octanol–water partition coefficient (Wildman–Crippen LogP) is 0.870. The van der Waals surface area contributed by atoms with Crippen LogP contribution in [0.4, 0.5) is 20.3 Å². The number of alkyl halides is 2. The number of rotatable bonds is 2. The van der Waals surface area contributed by atoms with Crippen LogP contribution in [0.3, 0.4) is 0 Å². The number of aliphatic hydroxyl groups excluding tert-OH is 1. The molecule has 88 valence electrons. The largest absolute Gasteiger partial charge is 0.396 e. The normalized spacial score (nSPS) is 23.7. The van der Waals surface area contributed by atoms with Gasteiger partial charge >= 0.3 is 0 Å². The van der Waals surface area contributed by atoms with Crippen molar-refractivity contribution in [3.05, 3.63) is 18.3 Å². The fourth-order valence-corrected chi connectivity index (χ4v) is 1.96. The summed E-state index contributed by atoms with van der Waals surface area (Å²) in [4.78, 5) is 5.35. The first-order valence-corrected chi connectivity index (χ1v) is 4.99. The van der Waals surface area contributed by atoms with Gasteiger partial charge in [-0.2, -0.15) is 0 Å². The second-order valence-electron chi connectivity index (χ2n) is 3.94. The molecule has 6 heteroatoms. The van der Waals surface area contributed by atoms with Gasteiger partial charge in [0, 0.05) is 12.6 Å². The Bertz CT molecular complexity index is 386. The van der Waals surface area contributed by atoms with E-state index in [1.807, 2.05) is 0 Å². The third kappa shape index (κ3) is 1.92. The summed E-state index contributed by atoms with van der Waals surface area (Å²) in [6.45, 7) is -0.773. The number of anilines is 2. The van der Waals surface area contributed by atoms with Crippen LogP contribution in [0.15, 0.2) is 18.3 Å². The van der Waals surface area contributed by atoms with Crippen molar-refractivity contribution in [1.29, 1.82) is 0 Å². The summed E-state index contributed by atoms with van der Waals surface area (Å²) in [7, 11) is 0. The lowest BCUT2D eigenvalue weighted by molar-refractivity contribution is 0.0201. The quantitative estimate of drug-likeness (QED) is 0.790. The zero-order chi connectivity index (χ0) is 11.8. The number of nitrogens with two attached hydrogens (primary N) is 1. The van der Waals surface area contributed by atoms with Gasteiger partial charge in [-0.25, -0.2) is 13.8 Å². The minimum atomic E-state index is -2.79. The Morgan fingerprint density at radius 3 is 3.00 bits per heavy atom. The van der Waals surface area contributed by atoms with Crippen molar-refractivity contribution in [2.45, 2.75) is 18.4 Å².